The Morgan fingerprint density at radius 3 is 3.09 bits per heavy atom. The van der Waals surface area contributed by atoms with Crippen molar-refractivity contribution in [1.29, 1.82) is 0 Å². The summed E-state index contributed by atoms with van der Waals surface area (Å²) in [6.45, 7) is 1.91. The molecule has 0 aliphatic carbocycles. The van der Waals surface area contributed by atoms with Crippen molar-refractivity contribution in [1.82, 2.24) is 0 Å². The Morgan fingerprint density at radius 1 is 1.91 bits per heavy atom. The maximum atomic E-state index is 10.4. The Bertz CT molecular complexity index is 218. The van der Waals surface area contributed by atoms with E-state index in [2.05, 4.69) is 0 Å². The smallest absolute Gasteiger partial charge is 0.134 e. The highest BCUT2D eigenvalue weighted by atomic mass is 16.4. The van der Waals surface area contributed by atoms with Gasteiger partial charge in [-0.3, -0.25) is 0 Å². The van der Waals surface area contributed by atoms with Gasteiger partial charge in [0, 0.05) is 12.0 Å². The van der Waals surface area contributed by atoms with E-state index in [1.165, 1.54) is 0 Å². The summed E-state index contributed by atoms with van der Waals surface area (Å²) in [5, 5.41) is 12.0. The van der Waals surface area contributed by atoms with Crippen molar-refractivity contribution in [3.63, 3.8) is 0 Å². The van der Waals surface area contributed by atoms with Gasteiger partial charge < -0.3 is 15.2 Å². The van der Waals surface area contributed by atoms with Crippen LogP contribution in [-0.4, -0.2) is 12.0 Å². The van der Waals surface area contributed by atoms with Crippen molar-refractivity contribution in [3.05, 3.63) is 23.9 Å². The Balaban J connectivity index is 2.49. The minimum Gasteiger partial charge on any atom is -0.544 e. The first kappa shape index (κ1) is 8.01. The molecule has 2 N–H and O–H groups in total. The molecule has 11 heavy (non-hydrogen) atoms. The molecular formula is C8H11NO2. The van der Waals surface area contributed by atoms with E-state index < -0.39 is 12.0 Å². The lowest BCUT2D eigenvalue weighted by atomic mass is 10.1. The van der Waals surface area contributed by atoms with Crippen LogP contribution in [0.15, 0.2) is 23.9 Å². The standard InChI is InChI=1S/C8H11NO2/c1-2-3-6-4-7(8(10)11)9-5-6/h2-3,5,7,9H,4H2,1H3,(H,10,11)/b3-2+/t7-/m0/s1. The van der Waals surface area contributed by atoms with Gasteiger partial charge in [0.2, 0.25) is 0 Å². The van der Waals surface area contributed by atoms with Gasteiger partial charge in [0.05, 0.1) is 12.2 Å². The average molecular weight is 153 g/mol. The number of hydrogen-bond donors (Lipinski definition) is 1. The van der Waals surface area contributed by atoms with Crippen LogP contribution in [0.1, 0.15) is 13.3 Å². The van der Waals surface area contributed by atoms with E-state index in [1.54, 1.807) is 5.32 Å². The molecule has 60 valence electrons. The minimum absolute atomic E-state index is 0.416. The number of allylic oxidation sites excluding steroid dienone is 2. The summed E-state index contributed by atoms with van der Waals surface area (Å²) in [6.07, 6.45) is 6.23. The monoisotopic (exact) mass is 153 g/mol. The zero-order valence-corrected chi connectivity index (χ0v) is 6.41. The average Bonchev–Trinajstić information content (AvgIpc) is 2.37. The highest BCUT2D eigenvalue weighted by Gasteiger charge is 2.19. The van der Waals surface area contributed by atoms with Crippen molar-refractivity contribution >= 4 is 5.97 Å². The summed E-state index contributed by atoms with van der Waals surface area (Å²) in [4.78, 5) is 10.4. The number of carboxylic acid groups (broad SMARTS) is 1. The van der Waals surface area contributed by atoms with Gasteiger partial charge in [0.1, 0.15) is 6.04 Å². The molecular weight excluding hydrogens is 142 g/mol. The number of aliphatic carboxylic acids is 1. The summed E-state index contributed by atoms with van der Waals surface area (Å²) >= 11 is 0. The number of carbonyl (C=O) groups excluding carboxylic acids is 1. The second-order valence-electron chi connectivity index (χ2n) is 2.56. The van der Waals surface area contributed by atoms with Gasteiger partial charge in [-0.1, -0.05) is 12.2 Å². The van der Waals surface area contributed by atoms with Crippen LogP contribution in [0, 0.1) is 0 Å². The van der Waals surface area contributed by atoms with E-state index in [9.17, 15) is 9.90 Å². The maximum Gasteiger partial charge on any atom is 0.134 e. The lowest BCUT2D eigenvalue weighted by Crippen LogP contribution is -2.86. The zero-order chi connectivity index (χ0) is 8.27. The predicted molar refractivity (Wildman–Crippen MR) is 38.2 cm³/mol. The zero-order valence-electron chi connectivity index (χ0n) is 6.41. The molecule has 1 heterocycles. The molecule has 0 saturated heterocycles. The Labute approximate surface area is 65.4 Å². The van der Waals surface area contributed by atoms with Gasteiger partial charge in [0.15, 0.2) is 0 Å². The molecule has 0 aromatic heterocycles. The number of nitrogens with two attached hydrogens (primary N) is 1. The molecule has 0 fully saturated rings. The van der Waals surface area contributed by atoms with Crippen LogP contribution in [0.25, 0.3) is 0 Å². The second kappa shape index (κ2) is 3.34. The molecule has 0 spiro atoms. The summed E-state index contributed by atoms with van der Waals surface area (Å²) in [6, 6.07) is -0.416. The number of quaternary nitrogens is 1. The number of carbonyl (C=O) groups is 1. The van der Waals surface area contributed by atoms with Gasteiger partial charge in [-0.2, -0.15) is 0 Å². The summed E-state index contributed by atoms with van der Waals surface area (Å²) in [7, 11) is 0. The third-order valence-corrected chi connectivity index (χ3v) is 1.68. The van der Waals surface area contributed by atoms with E-state index in [0.29, 0.717) is 6.42 Å². The van der Waals surface area contributed by atoms with Gasteiger partial charge in [0.25, 0.3) is 0 Å². The first-order chi connectivity index (χ1) is 5.24. The molecule has 3 heteroatoms. The number of hydrogen-bond acceptors (Lipinski definition) is 2. The van der Waals surface area contributed by atoms with Gasteiger partial charge in [-0.05, 0) is 6.92 Å². The van der Waals surface area contributed by atoms with Gasteiger partial charge >= 0.3 is 0 Å². The van der Waals surface area contributed by atoms with E-state index in [0.717, 1.165) is 5.57 Å². The number of carboxylic acids is 1. The van der Waals surface area contributed by atoms with Gasteiger partial charge in [-0.15, -0.1) is 0 Å². The molecule has 0 amide bonds. The van der Waals surface area contributed by atoms with Crippen molar-refractivity contribution in [2.45, 2.75) is 19.4 Å². The summed E-state index contributed by atoms with van der Waals surface area (Å²) in [5.74, 6) is -0.985. The molecule has 3 nitrogen and oxygen atoms in total. The Hall–Kier alpha value is -1.09. The molecule has 1 aliphatic heterocycles. The second-order valence-corrected chi connectivity index (χ2v) is 2.56. The van der Waals surface area contributed by atoms with Crippen LogP contribution in [0.2, 0.25) is 0 Å². The third-order valence-electron chi connectivity index (χ3n) is 1.68. The SMILES string of the molecule is C/C=C/C1=C[NH2+][C@H](C(=O)[O-])C1. The van der Waals surface area contributed by atoms with E-state index in [-0.39, 0.29) is 0 Å². The lowest BCUT2D eigenvalue weighted by Gasteiger charge is -2.06. The van der Waals surface area contributed by atoms with E-state index in [4.69, 9.17) is 0 Å². The molecule has 0 radical (unpaired) electrons. The van der Waals surface area contributed by atoms with Crippen LogP contribution in [-0.2, 0) is 4.79 Å². The van der Waals surface area contributed by atoms with E-state index >= 15 is 0 Å². The van der Waals surface area contributed by atoms with E-state index in [1.807, 2.05) is 25.3 Å². The third kappa shape index (κ3) is 1.91. The Kier molecular flexibility index (Phi) is 2.44. The molecule has 0 saturated carbocycles. The highest BCUT2D eigenvalue weighted by Crippen LogP contribution is 2.07. The van der Waals surface area contributed by atoms with Crippen molar-refractivity contribution in [3.8, 4) is 0 Å². The lowest BCUT2D eigenvalue weighted by molar-refractivity contribution is -0.612. The molecule has 1 atom stereocenters. The van der Waals surface area contributed by atoms with Gasteiger partial charge in [-0.25, -0.2) is 0 Å². The fraction of sp³-hybridized carbons (Fsp3) is 0.375. The molecule has 1 rings (SSSR count). The fourth-order valence-electron chi connectivity index (χ4n) is 1.13. The van der Waals surface area contributed by atoms with Crippen molar-refractivity contribution < 1.29 is 15.2 Å². The van der Waals surface area contributed by atoms with Crippen molar-refractivity contribution in [2.24, 2.45) is 0 Å². The van der Waals surface area contributed by atoms with Crippen LogP contribution >= 0.6 is 0 Å². The molecule has 0 unspecified atom stereocenters. The summed E-state index contributed by atoms with van der Waals surface area (Å²) in [5.41, 5.74) is 1.06. The van der Waals surface area contributed by atoms with Crippen LogP contribution in [0.3, 0.4) is 0 Å². The van der Waals surface area contributed by atoms with Crippen LogP contribution < -0.4 is 10.4 Å². The molecule has 0 aromatic rings. The Morgan fingerprint density at radius 2 is 2.64 bits per heavy atom. The summed E-state index contributed by atoms with van der Waals surface area (Å²) < 4.78 is 0. The van der Waals surface area contributed by atoms with Crippen LogP contribution in [0.4, 0.5) is 0 Å². The maximum absolute atomic E-state index is 10.4. The number of rotatable bonds is 2. The fourth-order valence-corrected chi connectivity index (χ4v) is 1.13. The molecule has 0 bridgehead atoms. The van der Waals surface area contributed by atoms with Crippen LogP contribution in [0.5, 0.6) is 0 Å². The first-order valence-corrected chi connectivity index (χ1v) is 3.61. The van der Waals surface area contributed by atoms with Crippen molar-refractivity contribution in [2.75, 3.05) is 0 Å². The molecule has 0 aromatic carbocycles. The molecule has 1 aliphatic rings. The normalized spacial score (nSPS) is 24.1. The quantitative estimate of drug-likeness (QED) is 0.526. The minimum atomic E-state index is -0.985. The highest BCUT2D eigenvalue weighted by molar-refractivity contribution is 5.70. The predicted octanol–water partition coefficient (Wildman–Crippen LogP) is -1.47. The largest absolute Gasteiger partial charge is 0.544 e. The first-order valence-electron chi connectivity index (χ1n) is 3.61. The topological polar surface area (TPSA) is 56.7 Å².